The Kier molecular flexibility index (Phi) is 5.69. The molecule has 0 radical (unpaired) electrons. The van der Waals surface area contributed by atoms with Gasteiger partial charge in [0.15, 0.2) is 12.4 Å². The van der Waals surface area contributed by atoms with Gasteiger partial charge in [-0.25, -0.2) is 0 Å². The number of alkyl halides is 3. The number of ketones is 1. The lowest BCUT2D eigenvalue weighted by molar-refractivity contribution is -0.137. The Labute approximate surface area is 146 Å². The van der Waals surface area contributed by atoms with E-state index in [-0.39, 0.29) is 22.8 Å². The van der Waals surface area contributed by atoms with Crippen molar-refractivity contribution >= 4 is 29.0 Å². The van der Waals surface area contributed by atoms with E-state index in [1.165, 1.54) is 37.3 Å². The third kappa shape index (κ3) is 5.22. The van der Waals surface area contributed by atoms with Gasteiger partial charge >= 0.3 is 6.18 Å². The van der Waals surface area contributed by atoms with E-state index in [0.29, 0.717) is 5.02 Å². The molecule has 0 aliphatic heterocycles. The van der Waals surface area contributed by atoms with E-state index in [2.05, 4.69) is 5.32 Å². The number of hydrogen-bond acceptors (Lipinski definition) is 3. The summed E-state index contributed by atoms with van der Waals surface area (Å²) in [7, 11) is 0. The number of anilines is 1. The van der Waals surface area contributed by atoms with Gasteiger partial charge in [0.25, 0.3) is 5.91 Å². The van der Waals surface area contributed by atoms with Crippen molar-refractivity contribution in [3.63, 3.8) is 0 Å². The maximum atomic E-state index is 12.6. The van der Waals surface area contributed by atoms with Crippen molar-refractivity contribution in [2.24, 2.45) is 0 Å². The number of Topliss-reactive ketones (excluding diaryl/α,β-unsaturated/α-hetero) is 1. The van der Waals surface area contributed by atoms with Crippen LogP contribution < -0.4 is 10.1 Å². The molecule has 8 heteroatoms. The quantitative estimate of drug-likeness (QED) is 0.783. The molecule has 0 spiro atoms. The number of benzene rings is 2. The van der Waals surface area contributed by atoms with Gasteiger partial charge in [0.05, 0.1) is 11.1 Å². The van der Waals surface area contributed by atoms with Crippen LogP contribution in [-0.4, -0.2) is 18.3 Å². The van der Waals surface area contributed by atoms with E-state index in [1.807, 2.05) is 0 Å². The largest absolute Gasteiger partial charge is 0.483 e. The molecule has 0 atom stereocenters. The predicted octanol–water partition coefficient (Wildman–Crippen LogP) is 4.58. The molecule has 2 aromatic rings. The van der Waals surface area contributed by atoms with Gasteiger partial charge in [-0.3, -0.25) is 9.59 Å². The third-order valence-corrected chi connectivity index (χ3v) is 3.39. The number of halogens is 4. The molecule has 0 aliphatic rings. The fourth-order valence-electron chi connectivity index (χ4n) is 2.02. The lowest BCUT2D eigenvalue weighted by Crippen LogP contribution is -2.21. The molecule has 1 N–H and O–H groups in total. The first-order valence-electron chi connectivity index (χ1n) is 7.07. The minimum atomic E-state index is -4.50. The summed E-state index contributed by atoms with van der Waals surface area (Å²) in [4.78, 5) is 23.4. The monoisotopic (exact) mass is 371 g/mol. The molecule has 2 rings (SSSR count). The number of amides is 1. The molecule has 1 amide bonds. The van der Waals surface area contributed by atoms with Gasteiger partial charge in [-0.05, 0) is 43.3 Å². The van der Waals surface area contributed by atoms with Crippen molar-refractivity contribution in [3.05, 3.63) is 58.6 Å². The van der Waals surface area contributed by atoms with Crippen LogP contribution in [0.5, 0.6) is 5.75 Å². The van der Waals surface area contributed by atoms with Crippen molar-refractivity contribution in [3.8, 4) is 5.75 Å². The molecule has 0 fully saturated rings. The van der Waals surface area contributed by atoms with Gasteiger partial charge in [0, 0.05) is 10.7 Å². The first-order chi connectivity index (χ1) is 11.7. The average Bonchev–Trinajstić information content (AvgIpc) is 2.53. The molecule has 0 bridgehead atoms. The lowest BCUT2D eigenvalue weighted by atomic mass is 10.1. The van der Waals surface area contributed by atoms with E-state index in [1.54, 1.807) is 0 Å². The SMILES string of the molecule is CC(=O)c1cc(Cl)ccc1OCC(=O)Nc1cccc(C(F)(F)F)c1. The van der Waals surface area contributed by atoms with Crippen LogP contribution in [0.3, 0.4) is 0 Å². The summed E-state index contributed by atoms with van der Waals surface area (Å²) in [6.45, 7) is 0.847. The minimum absolute atomic E-state index is 0.00803. The maximum Gasteiger partial charge on any atom is 0.416 e. The summed E-state index contributed by atoms with van der Waals surface area (Å²) in [6.07, 6.45) is -4.50. The molecular formula is C17H13ClF3NO3. The van der Waals surface area contributed by atoms with Crippen LogP contribution in [0.1, 0.15) is 22.8 Å². The molecular weight excluding hydrogens is 359 g/mol. The summed E-state index contributed by atoms with van der Waals surface area (Å²) in [5.74, 6) is -0.796. The van der Waals surface area contributed by atoms with Gasteiger partial charge < -0.3 is 10.1 Å². The molecule has 25 heavy (non-hydrogen) atoms. The zero-order valence-electron chi connectivity index (χ0n) is 13.0. The van der Waals surface area contributed by atoms with E-state index in [4.69, 9.17) is 16.3 Å². The fraction of sp³-hybridized carbons (Fsp3) is 0.176. The van der Waals surface area contributed by atoms with Crippen molar-refractivity contribution < 1.29 is 27.5 Å². The van der Waals surface area contributed by atoms with Crippen LogP contribution in [0.2, 0.25) is 5.02 Å². The van der Waals surface area contributed by atoms with Crippen molar-refractivity contribution in [2.45, 2.75) is 13.1 Å². The van der Waals surface area contributed by atoms with E-state index in [9.17, 15) is 22.8 Å². The first kappa shape index (κ1) is 18.8. The number of nitrogens with one attached hydrogen (secondary N) is 1. The lowest BCUT2D eigenvalue weighted by Gasteiger charge is -2.12. The van der Waals surface area contributed by atoms with Gasteiger partial charge in [0.2, 0.25) is 0 Å². The standard InChI is InChI=1S/C17H13ClF3NO3/c1-10(23)14-8-12(18)5-6-15(14)25-9-16(24)22-13-4-2-3-11(7-13)17(19,20)21/h2-8H,9H2,1H3,(H,22,24). The summed E-state index contributed by atoms with van der Waals surface area (Å²) < 4.78 is 43.2. The highest BCUT2D eigenvalue weighted by Crippen LogP contribution is 2.30. The topological polar surface area (TPSA) is 55.4 Å². The Bertz CT molecular complexity index is 806. The van der Waals surface area contributed by atoms with E-state index in [0.717, 1.165) is 12.1 Å². The van der Waals surface area contributed by atoms with Gasteiger partial charge in [-0.1, -0.05) is 17.7 Å². The Hall–Kier alpha value is -2.54. The summed E-state index contributed by atoms with van der Waals surface area (Å²) >= 11 is 5.80. The number of ether oxygens (including phenoxy) is 1. The Morgan fingerprint density at radius 2 is 1.88 bits per heavy atom. The van der Waals surface area contributed by atoms with Gasteiger partial charge in [-0.2, -0.15) is 13.2 Å². The van der Waals surface area contributed by atoms with Crippen LogP contribution in [0.4, 0.5) is 18.9 Å². The van der Waals surface area contributed by atoms with E-state index >= 15 is 0 Å². The molecule has 0 saturated carbocycles. The van der Waals surface area contributed by atoms with Crippen LogP contribution >= 0.6 is 11.6 Å². The highest BCUT2D eigenvalue weighted by atomic mass is 35.5. The minimum Gasteiger partial charge on any atom is -0.483 e. The smallest absolute Gasteiger partial charge is 0.416 e. The number of carbonyl (C=O) groups excluding carboxylic acids is 2. The third-order valence-electron chi connectivity index (χ3n) is 3.15. The average molecular weight is 372 g/mol. The second-order valence-corrected chi connectivity index (χ2v) is 5.55. The molecule has 2 aromatic carbocycles. The molecule has 0 aromatic heterocycles. The number of rotatable bonds is 5. The zero-order valence-corrected chi connectivity index (χ0v) is 13.7. The molecule has 4 nitrogen and oxygen atoms in total. The number of carbonyl (C=O) groups is 2. The highest BCUT2D eigenvalue weighted by molar-refractivity contribution is 6.31. The van der Waals surface area contributed by atoms with Gasteiger partial charge in [0.1, 0.15) is 5.75 Å². The predicted molar refractivity (Wildman–Crippen MR) is 87.0 cm³/mol. The normalized spacial score (nSPS) is 11.1. The fourth-order valence-corrected chi connectivity index (χ4v) is 2.19. The van der Waals surface area contributed by atoms with Crippen LogP contribution in [-0.2, 0) is 11.0 Å². The summed E-state index contributed by atoms with van der Waals surface area (Å²) in [5, 5.41) is 2.65. The van der Waals surface area contributed by atoms with Crippen LogP contribution in [0, 0.1) is 0 Å². The number of hydrogen-bond donors (Lipinski definition) is 1. The first-order valence-corrected chi connectivity index (χ1v) is 7.45. The second-order valence-electron chi connectivity index (χ2n) is 5.11. The summed E-state index contributed by atoms with van der Waals surface area (Å²) in [6, 6.07) is 8.58. The maximum absolute atomic E-state index is 12.6. The van der Waals surface area contributed by atoms with E-state index < -0.39 is 24.3 Å². The molecule has 132 valence electrons. The molecule has 0 saturated heterocycles. The van der Waals surface area contributed by atoms with Crippen molar-refractivity contribution in [2.75, 3.05) is 11.9 Å². The van der Waals surface area contributed by atoms with Gasteiger partial charge in [-0.15, -0.1) is 0 Å². The Balaban J connectivity index is 2.04. The molecule has 0 aliphatic carbocycles. The van der Waals surface area contributed by atoms with Crippen LogP contribution in [0.25, 0.3) is 0 Å². The Morgan fingerprint density at radius 3 is 2.52 bits per heavy atom. The van der Waals surface area contributed by atoms with Crippen molar-refractivity contribution in [1.82, 2.24) is 0 Å². The Morgan fingerprint density at radius 1 is 1.16 bits per heavy atom. The van der Waals surface area contributed by atoms with Crippen molar-refractivity contribution in [1.29, 1.82) is 0 Å². The second kappa shape index (κ2) is 7.57. The highest BCUT2D eigenvalue weighted by Gasteiger charge is 2.30. The zero-order chi connectivity index (χ0) is 18.6. The summed E-state index contributed by atoms with van der Waals surface area (Å²) in [5.41, 5.74) is -0.673. The van der Waals surface area contributed by atoms with Crippen LogP contribution in [0.15, 0.2) is 42.5 Å². The molecule has 0 heterocycles. The molecule has 0 unspecified atom stereocenters.